The topological polar surface area (TPSA) is 107 Å². The number of carbonyl (C=O) groups excluding carboxylic acids is 2. The van der Waals surface area contributed by atoms with Gasteiger partial charge in [0.1, 0.15) is 0 Å². The van der Waals surface area contributed by atoms with Crippen LogP contribution >= 0.6 is 11.3 Å². The zero-order chi connectivity index (χ0) is 27.2. The van der Waals surface area contributed by atoms with Crippen molar-refractivity contribution in [2.24, 2.45) is 0 Å². The van der Waals surface area contributed by atoms with Gasteiger partial charge in [0.05, 0.1) is 22.1 Å². The van der Waals surface area contributed by atoms with Gasteiger partial charge in [0, 0.05) is 45.8 Å². The monoisotopic (exact) mass is 551 g/mol. The molecule has 206 valence electrons. The van der Waals surface area contributed by atoms with Crippen LogP contribution in [0.3, 0.4) is 0 Å². The predicted molar refractivity (Wildman–Crippen MR) is 151 cm³/mol. The van der Waals surface area contributed by atoms with Crippen LogP contribution in [0, 0.1) is 0 Å². The lowest BCUT2D eigenvalue weighted by Gasteiger charge is -2.28. The fraction of sp³-hybridized carbons (Fsp3) is 0.593. The van der Waals surface area contributed by atoms with E-state index in [0.717, 1.165) is 46.0 Å². The molecule has 0 atom stereocenters. The summed E-state index contributed by atoms with van der Waals surface area (Å²) in [5.41, 5.74) is 1.48. The summed E-state index contributed by atoms with van der Waals surface area (Å²) in [6.45, 7) is 11.2. The molecule has 1 fully saturated rings. The molecule has 0 radical (unpaired) electrons. The average Bonchev–Trinajstić information content (AvgIpc) is 3.33. The fourth-order valence-corrected chi connectivity index (χ4v) is 7.92. The molecule has 1 aromatic heterocycles. The van der Waals surface area contributed by atoms with Gasteiger partial charge < -0.3 is 14.8 Å². The van der Waals surface area contributed by atoms with Crippen molar-refractivity contribution in [2.45, 2.75) is 96.3 Å². The number of carbonyl (C=O) groups is 2. The van der Waals surface area contributed by atoms with Gasteiger partial charge in [0.15, 0.2) is 0 Å². The van der Waals surface area contributed by atoms with E-state index in [1.807, 2.05) is 52.1 Å². The number of hydrogen-bond donors (Lipinski definition) is 3. The lowest BCUT2D eigenvalue weighted by molar-refractivity contribution is 0.109. The number of amides is 2. The molecule has 2 aromatic rings. The number of nitrogens with zero attached hydrogens (tertiary/aromatic N) is 1. The van der Waals surface area contributed by atoms with Gasteiger partial charge in [-0.05, 0) is 65.5 Å². The van der Waals surface area contributed by atoms with Gasteiger partial charge in [-0.2, -0.15) is 0 Å². The summed E-state index contributed by atoms with van der Waals surface area (Å²) in [7, 11) is -2.65. The number of nitrogens with one attached hydrogen (secondary N) is 2. The molecule has 2 N–H and O–H groups in total. The zero-order valence-electron chi connectivity index (χ0n) is 22.7. The van der Waals surface area contributed by atoms with Gasteiger partial charge in [0.25, 0.3) is 0 Å². The average molecular weight is 552 g/mol. The highest BCUT2D eigenvalue weighted by Gasteiger charge is 2.27. The summed E-state index contributed by atoms with van der Waals surface area (Å²) in [4.78, 5) is 30.6. The zero-order valence-corrected chi connectivity index (χ0v) is 24.4. The first-order valence-corrected chi connectivity index (χ1v) is 16.1. The van der Waals surface area contributed by atoms with Crippen LogP contribution in [0.15, 0.2) is 29.3 Å². The molecule has 10 heteroatoms. The number of ether oxygens (including phenoxy) is 2. The molecule has 37 heavy (non-hydrogen) atoms. The predicted octanol–water partition coefficient (Wildman–Crippen LogP) is 6.34. The largest absolute Gasteiger partial charge is 0.447 e. The molecular weight excluding hydrogens is 510 g/mol. The molecule has 1 aromatic carbocycles. The van der Waals surface area contributed by atoms with Crippen LogP contribution in [0.1, 0.15) is 78.2 Å². The van der Waals surface area contributed by atoms with Crippen LogP contribution in [0.4, 0.5) is 15.3 Å². The van der Waals surface area contributed by atoms with Gasteiger partial charge in [-0.3, -0.25) is 9.53 Å². The molecule has 2 amide bonds. The van der Waals surface area contributed by atoms with E-state index < -0.39 is 16.0 Å². The van der Waals surface area contributed by atoms with Crippen LogP contribution in [0.5, 0.6) is 0 Å². The third kappa shape index (κ3) is 7.77. The van der Waals surface area contributed by atoms with E-state index in [1.54, 1.807) is 25.2 Å². The lowest BCUT2D eigenvalue weighted by Crippen LogP contribution is -2.38. The Balaban J connectivity index is 1.78. The third-order valence-corrected chi connectivity index (χ3v) is 11.1. The van der Waals surface area contributed by atoms with Crippen LogP contribution in [0.25, 0.3) is 10.4 Å². The lowest BCUT2D eigenvalue weighted by atomic mass is 9.86. The highest BCUT2D eigenvalue weighted by molar-refractivity contribution is 8.03. The number of rotatable bonds is 9. The van der Waals surface area contributed by atoms with Gasteiger partial charge in [-0.25, -0.2) is 14.6 Å². The molecule has 1 saturated carbocycles. The number of anilines is 1. The second-order valence-electron chi connectivity index (χ2n) is 10.0. The Hall–Kier alpha value is -2.46. The van der Waals surface area contributed by atoms with Gasteiger partial charge >= 0.3 is 12.2 Å². The summed E-state index contributed by atoms with van der Waals surface area (Å²) in [5, 5.41) is 6.80. The van der Waals surface area contributed by atoms with Crippen LogP contribution in [-0.4, -0.2) is 51.1 Å². The second kappa shape index (κ2) is 12.9. The van der Waals surface area contributed by atoms with E-state index in [4.69, 9.17) is 14.5 Å². The molecule has 1 heterocycles. The maximum absolute atomic E-state index is 13.9. The molecular formula is C27H41N3O5S2. The van der Waals surface area contributed by atoms with Crippen molar-refractivity contribution < 1.29 is 23.3 Å². The fourth-order valence-electron chi connectivity index (χ4n) is 4.58. The third-order valence-electron chi connectivity index (χ3n) is 6.58. The smallest absolute Gasteiger partial charge is 0.411 e. The second-order valence-corrected chi connectivity index (χ2v) is 14.6. The first-order chi connectivity index (χ1) is 17.5. The van der Waals surface area contributed by atoms with E-state index in [1.165, 1.54) is 0 Å². The molecule has 1 aliphatic carbocycles. The SMILES string of the molecule is CC[SH](=O)(CC)c1cc(NC(=O)OC(C)C)ccc1-c1cnc(C2CCC(NC(=O)OC(C)C)CC2)s1. The maximum atomic E-state index is 13.9. The standard InChI is InChI=1S/C27H41N3O5S2/c1-7-37(33,8-2)24-15-21(30-27(32)35-18(5)6)13-14-22(24)23-16-28-25(36-23)19-9-11-20(12-10-19)29-26(31)34-17(3)4/h13-20,37H,7-12H2,1-6H3,(H,29,31)(H,30,32). The minimum absolute atomic E-state index is 0.121. The Morgan fingerprint density at radius 1 is 1.03 bits per heavy atom. The Labute approximate surface area is 225 Å². The molecule has 0 aliphatic heterocycles. The highest BCUT2D eigenvalue weighted by atomic mass is 32.2. The van der Waals surface area contributed by atoms with Crippen molar-refractivity contribution in [3.8, 4) is 10.4 Å². The molecule has 1 aliphatic rings. The van der Waals surface area contributed by atoms with Crippen molar-refractivity contribution in [3.63, 3.8) is 0 Å². The van der Waals surface area contributed by atoms with E-state index >= 15 is 0 Å². The maximum Gasteiger partial charge on any atom is 0.411 e. The Morgan fingerprint density at radius 3 is 2.24 bits per heavy atom. The number of hydrogen-bond acceptors (Lipinski definition) is 7. The summed E-state index contributed by atoms with van der Waals surface area (Å²) in [6, 6.07) is 5.70. The summed E-state index contributed by atoms with van der Waals surface area (Å²) in [5.74, 6) is 1.41. The van der Waals surface area contributed by atoms with Gasteiger partial charge in [-0.15, -0.1) is 11.3 Å². The molecule has 8 nitrogen and oxygen atoms in total. The molecule has 0 unspecified atom stereocenters. The van der Waals surface area contributed by atoms with Crippen LogP contribution < -0.4 is 10.6 Å². The Kier molecular flexibility index (Phi) is 10.1. The number of aromatic nitrogens is 1. The number of benzene rings is 1. The number of thiol groups is 1. The van der Waals surface area contributed by atoms with Gasteiger partial charge in [0.2, 0.25) is 0 Å². The first-order valence-electron chi connectivity index (χ1n) is 13.2. The minimum atomic E-state index is -2.65. The number of thiazole rings is 1. The van der Waals surface area contributed by atoms with Crippen LogP contribution in [0.2, 0.25) is 0 Å². The number of alkyl carbamates (subject to hydrolysis) is 1. The van der Waals surface area contributed by atoms with Crippen molar-refractivity contribution in [1.29, 1.82) is 0 Å². The molecule has 0 bridgehead atoms. The van der Waals surface area contributed by atoms with Gasteiger partial charge in [-0.1, -0.05) is 29.8 Å². The summed E-state index contributed by atoms with van der Waals surface area (Å²) in [6.07, 6.45) is 4.27. The van der Waals surface area contributed by atoms with Crippen molar-refractivity contribution in [1.82, 2.24) is 10.3 Å². The minimum Gasteiger partial charge on any atom is -0.447 e. The normalized spacial score (nSPS) is 18.5. The quantitative estimate of drug-likeness (QED) is 0.314. The van der Waals surface area contributed by atoms with E-state index in [9.17, 15) is 13.8 Å². The summed E-state index contributed by atoms with van der Waals surface area (Å²) >= 11 is 1.64. The van der Waals surface area contributed by atoms with Crippen LogP contribution in [-0.2, 0) is 19.4 Å². The molecule has 0 saturated heterocycles. The van der Waals surface area contributed by atoms with Crippen molar-refractivity contribution >= 4 is 39.1 Å². The Bertz CT molecular complexity index is 1110. The van der Waals surface area contributed by atoms with E-state index in [0.29, 0.717) is 23.1 Å². The summed E-state index contributed by atoms with van der Waals surface area (Å²) < 4.78 is 24.3. The Morgan fingerprint density at radius 2 is 1.65 bits per heavy atom. The van der Waals surface area contributed by atoms with E-state index in [2.05, 4.69) is 10.6 Å². The molecule has 0 spiro atoms. The first kappa shape index (κ1) is 29.1. The van der Waals surface area contributed by atoms with Crippen molar-refractivity contribution in [2.75, 3.05) is 16.8 Å². The molecule has 3 rings (SSSR count). The van der Waals surface area contributed by atoms with E-state index in [-0.39, 0.29) is 24.3 Å². The van der Waals surface area contributed by atoms with Crippen molar-refractivity contribution in [3.05, 3.63) is 29.4 Å². The highest BCUT2D eigenvalue weighted by Crippen LogP contribution is 2.41.